The van der Waals surface area contributed by atoms with E-state index in [2.05, 4.69) is 14.9 Å². The zero-order chi connectivity index (χ0) is 25.5. The van der Waals surface area contributed by atoms with Crippen LogP contribution in [0.4, 0.5) is 5.69 Å². The lowest BCUT2D eigenvalue weighted by Crippen LogP contribution is -2.36. The lowest BCUT2D eigenvalue weighted by molar-refractivity contribution is 0.0937. The first-order chi connectivity index (χ1) is 17.4. The number of nitrogens with zero attached hydrogens (tertiary/aromatic N) is 1. The first-order valence-corrected chi connectivity index (χ1v) is 13.3. The Morgan fingerprint density at radius 2 is 1.67 bits per heavy atom. The molecule has 190 valence electrons. The molecule has 2 N–H and O–H groups in total. The fourth-order valence-corrected chi connectivity index (χ4v) is 5.48. The molecule has 0 aliphatic carbocycles. The van der Waals surface area contributed by atoms with Gasteiger partial charge in [-0.3, -0.25) is 14.4 Å². The van der Waals surface area contributed by atoms with Crippen LogP contribution >= 0.6 is 0 Å². The van der Waals surface area contributed by atoms with Crippen molar-refractivity contribution in [3.8, 4) is 11.5 Å². The molecule has 1 aliphatic heterocycles. The highest BCUT2D eigenvalue weighted by Gasteiger charge is 2.25. The van der Waals surface area contributed by atoms with Crippen molar-refractivity contribution in [3.63, 3.8) is 0 Å². The molecule has 9 heteroatoms. The first-order valence-electron chi connectivity index (χ1n) is 11.8. The number of rotatable bonds is 10. The Kier molecular flexibility index (Phi) is 8.12. The predicted octanol–water partition coefficient (Wildman–Crippen LogP) is 4.07. The summed E-state index contributed by atoms with van der Waals surface area (Å²) in [4.78, 5) is 15.4. The second-order valence-electron chi connectivity index (χ2n) is 8.58. The van der Waals surface area contributed by atoms with E-state index in [-0.39, 0.29) is 22.4 Å². The summed E-state index contributed by atoms with van der Waals surface area (Å²) in [5, 5.41) is 3.00. The SMILES string of the molecule is COc1ccc([C@@H](CNC(=O)c2cccc(S(=O)(=O)Nc3ccccc3OC)c2)N2CCCC2)cc1. The molecule has 1 amide bonds. The highest BCUT2D eigenvalue weighted by Crippen LogP contribution is 2.28. The molecule has 4 rings (SSSR count). The largest absolute Gasteiger partial charge is 0.497 e. The van der Waals surface area contributed by atoms with Gasteiger partial charge in [-0.25, -0.2) is 8.42 Å². The molecular formula is C27H31N3O5S. The van der Waals surface area contributed by atoms with Gasteiger partial charge in [0.1, 0.15) is 11.5 Å². The van der Waals surface area contributed by atoms with Crippen LogP contribution in [0.3, 0.4) is 0 Å². The Labute approximate surface area is 212 Å². The molecule has 3 aromatic rings. The Morgan fingerprint density at radius 1 is 0.944 bits per heavy atom. The molecule has 0 bridgehead atoms. The van der Waals surface area contributed by atoms with Crippen LogP contribution in [0.1, 0.15) is 34.8 Å². The fraction of sp³-hybridized carbons (Fsp3) is 0.296. The summed E-state index contributed by atoms with van der Waals surface area (Å²) in [6, 6.07) is 20.6. The quantitative estimate of drug-likeness (QED) is 0.428. The molecule has 8 nitrogen and oxygen atoms in total. The number of ether oxygens (including phenoxy) is 2. The van der Waals surface area contributed by atoms with Gasteiger partial charge in [-0.05, 0) is 74.0 Å². The van der Waals surface area contributed by atoms with Crippen LogP contribution in [0.25, 0.3) is 0 Å². The number of nitrogens with one attached hydrogen (secondary N) is 2. The molecule has 0 spiro atoms. The highest BCUT2D eigenvalue weighted by molar-refractivity contribution is 7.92. The summed E-state index contributed by atoms with van der Waals surface area (Å²) < 4.78 is 39.1. The summed E-state index contributed by atoms with van der Waals surface area (Å²) in [6.07, 6.45) is 2.25. The topological polar surface area (TPSA) is 97.0 Å². The van der Waals surface area contributed by atoms with Crippen LogP contribution in [-0.2, 0) is 10.0 Å². The maximum atomic E-state index is 13.0. The normalized spacial score (nSPS) is 14.7. The van der Waals surface area contributed by atoms with E-state index in [1.165, 1.54) is 19.2 Å². The molecule has 36 heavy (non-hydrogen) atoms. The number of likely N-dealkylation sites (tertiary alicyclic amines) is 1. The Bertz CT molecular complexity index is 1290. The van der Waals surface area contributed by atoms with Crippen molar-refractivity contribution in [2.24, 2.45) is 0 Å². The Hall–Kier alpha value is -3.56. The van der Waals surface area contributed by atoms with Crippen LogP contribution < -0.4 is 19.5 Å². The Morgan fingerprint density at radius 3 is 2.36 bits per heavy atom. The number of carbonyl (C=O) groups excluding carboxylic acids is 1. The van der Waals surface area contributed by atoms with Gasteiger partial charge in [0.05, 0.1) is 30.8 Å². The minimum atomic E-state index is -3.93. The number of carbonyl (C=O) groups is 1. The lowest BCUT2D eigenvalue weighted by Gasteiger charge is -2.28. The van der Waals surface area contributed by atoms with Gasteiger partial charge in [0.15, 0.2) is 0 Å². The van der Waals surface area contributed by atoms with Gasteiger partial charge in [0.2, 0.25) is 0 Å². The molecular weight excluding hydrogens is 478 g/mol. The fourth-order valence-electron chi connectivity index (χ4n) is 4.37. The Balaban J connectivity index is 1.49. The minimum absolute atomic E-state index is 0.00713. The van der Waals surface area contributed by atoms with E-state index in [4.69, 9.17) is 9.47 Å². The van der Waals surface area contributed by atoms with Crippen molar-refractivity contribution in [3.05, 3.63) is 83.9 Å². The van der Waals surface area contributed by atoms with Gasteiger partial charge < -0.3 is 14.8 Å². The van der Waals surface area contributed by atoms with Crippen molar-refractivity contribution in [1.82, 2.24) is 10.2 Å². The zero-order valence-electron chi connectivity index (χ0n) is 20.4. The summed E-state index contributed by atoms with van der Waals surface area (Å²) in [5.41, 5.74) is 1.69. The lowest BCUT2D eigenvalue weighted by atomic mass is 10.0. The summed E-state index contributed by atoms with van der Waals surface area (Å²) >= 11 is 0. The predicted molar refractivity (Wildman–Crippen MR) is 139 cm³/mol. The van der Waals surface area contributed by atoms with Gasteiger partial charge in [-0.1, -0.05) is 30.3 Å². The molecule has 0 unspecified atom stereocenters. The molecule has 1 fully saturated rings. The number of anilines is 1. The molecule has 1 heterocycles. The molecule has 0 saturated carbocycles. The number of hydrogen-bond donors (Lipinski definition) is 2. The second-order valence-corrected chi connectivity index (χ2v) is 10.3. The van der Waals surface area contributed by atoms with Crippen molar-refractivity contribution >= 4 is 21.6 Å². The highest BCUT2D eigenvalue weighted by atomic mass is 32.2. The summed E-state index contributed by atoms with van der Waals surface area (Å²) in [7, 11) is -0.822. The van der Waals surface area contributed by atoms with Crippen LogP contribution in [0.2, 0.25) is 0 Å². The van der Waals surface area contributed by atoms with Gasteiger partial charge >= 0.3 is 0 Å². The maximum Gasteiger partial charge on any atom is 0.262 e. The maximum absolute atomic E-state index is 13.0. The first kappa shape index (κ1) is 25.5. The second kappa shape index (κ2) is 11.5. The molecule has 1 atom stereocenters. The van der Waals surface area contributed by atoms with Crippen molar-refractivity contribution in [1.29, 1.82) is 0 Å². The van der Waals surface area contributed by atoms with E-state index in [0.29, 0.717) is 18.0 Å². The van der Waals surface area contributed by atoms with Crippen LogP contribution in [0.5, 0.6) is 11.5 Å². The van der Waals surface area contributed by atoms with Crippen molar-refractivity contribution < 1.29 is 22.7 Å². The summed E-state index contributed by atoms with van der Waals surface area (Å²) in [5.74, 6) is 0.853. The molecule has 0 aromatic heterocycles. The van der Waals surface area contributed by atoms with E-state index in [1.54, 1.807) is 43.5 Å². The minimum Gasteiger partial charge on any atom is -0.497 e. The number of amides is 1. The molecule has 1 saturated heterocycles. The standard InChI is InChI=1S/C27H31N3O5S/c1-34-22-14-12-20(13-15-22)25(30-16-5-6-17-30)19-28-27(31)21-8-7-9-23(18-21)36(32,33)29-24-10-3-4-11-26(24)35-2/h3-4,7-15,18,25,29H,5-6,16-17,19H2,1-2H3,(H,28,31)/t25-/m1/s1. The van der Waals surface area contributed by atoms with E-state index < -0.39 is 10.0 Å². The number of benzene rings is 3. The van der Waals surface area contributed by atoms with Gasteiger partial charge in [-0.2, -0.15) is 0 Å². The monoisotopic (exact) mass is 509 g/mol. The smallest absolute Gasteiger partial charge is 0.262 e. The third-order valence-electron chi connectivity index (χ3n) is 6.30. The van der Waals surface area contributed by atoms with Gasteiger partial charge in [-0.15, -0.1) is 0 Å². The van der Waals surface area contributed by atoms with Crippen LogP contribution in [-0.4, -0.2) is 53.1 Å². The third kappa shape index (κ3) is 5.98. The van der Waals surface area contributed by atoms with Crippen molar-refractivity contribution in [2.75, 3.05) is 38.6 Å². The zero-order valence-corrected chi connectivity index (χ0v) is 21.3. The van der Waals surface area contributed by atoms with Gasteiger partial charge in [0, 0.05) is 12.1 Å². The van der Waals surface area contributed by atoms with Gasteiger partial charge in [0.25, 0.3) is 15.9 Å². The average Bonchev–Trinajstić information content (AvgIpc) is 3.44. The number of para-hydroxylation sites is 2. The van der Waals surface area contributed by atoms with E-state index in [0.717, 1.165) is 37.2 Å². The van der Waals surface area contributed by atoms with E-state index in [1.807, 2.05) is 24.3 Å². The number of hydrogen-bond acceptors (Lipinski definition) is 6. The molecule has 0 radical (unpaired) electrons. The average molecular weight is 510 g/mol. The molecule has 3 aromatic carbocycles. The number of methoxy groups -OCH3 is 2. The van der Waals surface area contributed by atoms with E-state index >= 15 is 0 Å². The summed E-state index contributed by atoms with van der Waals surface area (Å²) in [6.45, 7) is 2.34. The van der Waals surface area contributed by atoms with E-state index in [9.17, 15) is 13.2 Å². The number of sulfonamides is 1. The molecule has 1 aliphatic rings. The third-order valence-corrected chi connectivity index (χ3v) is 7.66. The van der Waals surface area contributed by atoms with Crippen LogP contribution in [0, 0.1) is 0 Å². The van der Waals surface area contributed by atoms with Crippen molar-refractivity contribution in [2.45, 2.75) is 23.8 Å². The van der Waals surface area contributed by atoms with Crippen LogP contribution in [0.15, 0.2) is 77.7 Å².